The van der Waals surface area contributed by atoms with E-state index in [1.807, 2.05) is 31.2 Å². The van der Waals surface area contributed by atoms with Crippen LogP contribution in [0.1, 0.15) is 24.8 Å². The van der Waals surface area contributed by atoms with Gasteiger partial charge in [-0.15, -0.1) is 0 Å². The van der Waals surface area contributed by atoms with Gasteiger partial charge in [-0.2, -0.15) is 0 Å². The molecule has 1 rings (SSSR count). The number of hydrogen-bond donors (Lipinski definition) is 2. The van der Waals surface area contributed by atoms with Gasteiger partial charge in [0.15, 0.2) is 0 Å². The molecule has 0 bridgehead atoms. The highest BCUT2D eigenvalue weighted by Gasteiger charge is 2.15. The summed E-state index contributed by atoms with van der Waals surface area (Å²) < 4.78 is 0. The highest BCUT2D eigenvalue weighted by atomic mass is 16.2. The zero-order valence-electron chi connectivity index (χ0n) is 10.7. The smallest absolute Gasteiger partial charge is 0.237 e. The first-order chi connectivity index (χ1) is 8.40. The molecular weight excluding hydrogens is 230 g/mol. The Morgan fingerprint density at radius 2 is 1.83 bits per heavy atom. The molecule has 98 valence electrons. The molecule has 5 heteroatoms. The number of nitrogens with zero attached hydrogens (tertiary/aromatic N) is 1. The fourth-order valence-corrected chi connectivity index (χ4v) is 1.68. The van der Waals surface area contributed by atoms with E-state index in [1.54, 1.807) is 7.05 Å². The van der Waals surface area contributed by atoms with Crippen molar-refractivity contribution in [2.75, 3.05) is 19.3 Å². The Labute approximate surface area is 107 Å². The number of likely N-dealkylation sites (N-methyl/N-ethyl adjacent to an activating group) is 1. The summed E-state index contributed by atoms with van der Waals surface area (Å²) in [6.45, 7) is 1.91. The first-order valence-electron chi connectivity index (χ1n) is 5.78. The molecule has 0 aliphatic heterocycles. The van der Waals surface area contributed by atoms with E-state index < -0.39 is 5.91 Å². The molecule has 0 fully saturated rings. The van der Waals surface area contributed by atoms with Crippen LogP contribution in [0.2, 0.25) is 0 Å². The number of benzene rings is 1. The Balaban J connectivity index is 2.59. The zero-order chi connectivity index (χ0) is 13.7. The maximum Gasteiger partial charge on any atom is 0.237 e. The molecule has 0 spiro atoms. The van der Waals surface area contributed by atoms with Gasteiger partial charge in [0.25, 0.3) is 0 Å². The fraction of sp³-hybridized carbons (Fsp3) is 0.385. The van der Waals surface area contributed by atoms with Crippen LogP contribution in [0, 0.1) is 0 Å². The molecule has 1 aromatic rings. The summed E-state index contributed by atoms with van der Waals surface area (Å²) in [5.41, 5.74) is 12.4. The van der Waals surface area contributed by atoms with Crippen molar-refractivity contribution in [2.45, 2.75) is 19.3 Å². The number of anilines is 1. The van der Waals surface area contributed by atoms with Crippen molar-refractivity contribution in [1.29, 1.82) is 0 Å². The zero-order valence-corrected chi connectivity index (χ0v) is 10.7. The third-order valence-electron chi connectivity index (χ3n) is 2.81. The van der Waals surface area contributed by atoms with E-state index in [4.69, 9.17) is 11.5 Å². The third-order valence-corrected chi connectivity index (χ3v) is 2.81. The average molecular weight is 249 g/mol. The maximum atomic E-state index is 11.8. The highest BCUT2D eigenvalue weighted by molar-refractivity contribution is 5.83. The van der Waals surface area contributed by atoms with Crippen molar-refractivity contribution >= 4 is 17.5 Å². The summed E-state index contributed by atoms with van der Waals surface area (Å²) in [6, 6.07) is 7.43. The average Bonchev–Trinajstić information content (AvgIpc) is 2.28. The van der Waals surface area contributed by atoms with Crippen LogP contribution in [0.15, 0.2) is 24.3 Å². The van der Waals surface area contributed by atoms with E-state index in [9.17, 15) is 9.59 Å². The molecule has 1 unspecified atom stereocenters. The first kappa shape index (κ1) is 14.0. The number of nitrogens with two attached hydrogens (primary N) is 2. The van der Waals surface area contributed by atoms with Crippen LogP contribution in [0.25, 0.3) is 0 Å². The summed E-state index contributed by atoms with van der Waals surface area (Å²) in [5.74, 6) is -0.530. The molecule has 0 aliphatic rings. The molecule has 1 aromatic carbocycles. The second-order valence-corrected chi connectivity index (χ2v) is 4.49. The quantitative estimate of drug-likeness (QED) is 0.753. The van der Waals surface area contributed by atoms with E-state index >= 15 is 0 Å². The van der Waals surface area contributed by atoms with E-state index in [0.717, 1.165) is 5.56 Å². The highest BCUT2D eigenvalue weighted by Crippen LogP contribution is 2.20. The number of amides is 2. The van der Waals surface area contributed by atoms with Crippen LogP contribution in [0.5, 0.6) is 0 Å². The summed E-state index contributed by atoms with van der Waals surface area (Å²) >= 11 is 0. The molecular formula is C13H19N3O2. The monoisotopic (exact) mass is 249 g/mol. The van der Waals surface area contributed by atoms with Crippen LogP contribution >= 0.6 is 0 Å². The minimum Gasteiger partial charge on any atom is -0.399 e. The summed E-state index contributed by atoms with van der Waals surface area (Å²) in [7, 11) is 1.57. The van der Waals surface area contributed by atoms with Crippen LogP contribution in [-0.2, 0) is 9.59 Å². The van der Waals surface area contributed by atoms with E-state index in [2.05, 4.69) is 0 Å². The van der Waals surface area contributed by atoms with E-state index in [0.29, 0.717) is 12.1 Å². The summed E-state index contributed by atoms with van der Waals surface area (Å²) in [4.78, 5) is 23.9. The van der Waals surface area contributed by atoms with Gasteiger partial charge in [0.2, 0.25) is 11.8 Å². The molecule has 1 atom stereocenters. The second kappa shape index (κ2) is 6.05. The van der Waals surface area contributed by atoms with Gasteiger partial charge in [0, 0.05) is 19.2 Å². The number of carbonyl (C=O) groups is 2. The molecule has 0 aromatic heterocycles. The van der Waals surface area contributed by atoms with E-state index in [1.165, 1.54) is 4.90 Å². The van der Waals surface area contributed by atoms with Crippen LogP contribution in [0.3, 0.4) is 0 Å². The molecule has 2 amide bonds. The van der Waals surface area contributed by atoms with Gasteiger partial charge < -0.3 is 16.4 Å². The van der Waals surface area contributed by atoms with Crippen molar-refractivity contribution in [3.05, 3.63) is 29.8 Å². The molecule has 0 saturated carbocycles. The van der Waals surface area contributed by atoms with Crippen molar-refractivity contribution in [2.24, 2.45) is 5.73 Å². The Bertz CT molecular complexity index is 428. The Hall–Kier alpha value is -2.04. The molecule has 18 heavy (non-hydrogen) atoms. The van der Waals surface area contributed by atoms with Gasteiger partial charge in [0.05, 0.1) is 6.54 Å². The lowest BCUT2D eigenvalue weighted by molar-refractivity contribution is -0.134. The number of primary amides is 1. The Kier molecular flexibility index (Phi) is 4.71. The van der Waals surface area contributed by atoms with Gasteiger partial charge >= 0.3 is 0 Å². The van der Waals surface area contributed by atoms with Crippen molar-refractivity contribution in [3.8, 4) is 0 Å². The number of hydrogen-bond acceptors (Lipinski definition) is 3. The summed E-state index contributed by atoms with van der Waals surface area (Å²) in [6.07, 6.45) is 0.341. The number of nitrogen functional groups attached to an aromatic ring is 1. The normalized spacial score (nSPS) is 11.9. The van der Waals surface area contributed by atoms with Gasteiger partial charge in [-0.05, 0) is 23.6 Å². The topological polar surface area (TPSA) is 89.4 Å². The summed E-state index contributed by atoms with van der Waals surface area (Å²) in [5, 5.41) is 0. The molecule has 0 saturated heterocycles. The van der Waals surface area contributed by atoms with Crippen molar-refractivity contribution in [3.63, 3.8) is 0 Å². The fourth-order valence-electron chi connectivity index (χ4n) is 1.68. The second-order valence-electron chi connectivity index (χ2n) is 4.49. The minimum atomic E-state index is -0.508. The maximum absolute atomic E-state index is 11.8. The van der Waals surface area contributed by atoms with Gasteiger partial charge in [-0.25, -0.2) is 0 Å². The predicted molar refractivity (Wildman–Crippen MR) is 70.7 cm³/mol. The lowest BCUT2D eigenvalue weighted by Crippen LogP contribution is -2.35. The predicted octanol–water partition coefficient (Wildman–Crippen LogP) is 0.706. The van der Waals surface area contributed by atoms with Crippen LogP contribution < -0.4 is 11.5 Å². The molecule has 0 heterocycles. The number of rotatable bonds is 5. The lowest BCUT2D eigenvalue weighted by atomic mass is 9.97. The lowest BCUT2D eigenvalue weighted by Gasteiger charge is -2.18. The van der Waals surface area contributed by atoms with E-state index in [-0.39, 0.29) is 18.4 Å². The van der Waals surface area contributed by atoms with Crippen LogP contribution in [0.4, 0.5) is 5.69 Å². The molecule has 4 N–H and O–H groups in total. The molecule has 0 aliphatic carbocycles. The van der Waals surface area contributed by atoms with Gasteiger partial charge in [-0.1, -0.05) is 19.1 Å². The Morgan fingerprint density at radius 3 is 2.33 bits per heavy atom. The molecule has 0 radical (unpaired) electrons. The standard InChI is InChI=1S/C13H19N3O2/c1-9(10-3-5-11(14)6-4-10)7-13(18)16(2)8-12(15)17/h3-6,9H,7-8,14H2,1-2H3,(H2,15,17). The number of carbonyl (C=O) groups excluding carboxylic acids is 2. The Morgan fingerprint density at radius 1 is 1.28 bits per heavy atom. The van der Waals surface area contributed by atoms with Crippen molar-refractivity contribution in [1.82, 2.24) is 4.90 Å². The minimum absolute atomic E-state index is 0.0483. The van der Waals surface area contributed by atoms with Crippen LogP contribution in [-0.4, -0.2) is 30.3 Å². The third kappa shape index (κ3) is 4.08. The SMILES string of the molecule is CC(CC(=O)N(C)CC(N)=O)c1ccc(N)cc1. The van der Waals surface area contributed by atoms with Gasteiger partial charge in [-0.3, -0.25) is 9.59 Å². The molecule has 5 nitrogen and oxygen atoms in total. The van der Waals surface area contributed by atoms with Gasteiger partial charge in [0.1, 0.15) is 0 Å². The first-order valence-corrected chi connectivity index (χ1v) is 5.78. The largest absolute Gasteiger partial charge is 0.399 e. The van der Waals surface area contributed by atoms with Crippen molar-refractivity contribution < 1.29 is 9.59 Å².